The largest absolute Gasteiger partial charge is 0.494 e. The Labute approximate surface area is 197 Å². The van der Waals surface area contributed by atoms with Gasteiger partial charge in [-0.25, -0.2) is 4.98 Å². The van der Waals surface area contributed by atoms with Crippen molar-refractivity contribution in [2.45, 2.75) is 70.3 Å². The van der Waals surface area contributed by atoms with Crippen LogP contribution in [0, 0.1) is 0 Å². The van der Waals surface area contributed by atoms with Gasteiger partial charge in [-0.1, -0.05) is 26.8 Å². The van der Waals surface area contributed by atoms with Crippen molar-refractivity contribution < 1.29 is 9.53 Å². The number of nitrogens with one attached hydrogen (secondary N) is 2. The summed E-state index contributed by atoms with van der Waals surface area (Å²) in [5.74, 6) is 1.80. The number of anilines is 1. The number of nitrogens with zero attached hydrogens (tertiary/aromatic N) is 2. The molecule has 172 valence electrons. The van der Waals surface area contributed by atoms with E-state index >= 15 is 0 Å². The van der Waals surface area contributed by atoms with E-state index in [1.54, 1.807) is 0 Å². The zero-order chi connectivity index (χ0) is 23.4. The Kier molecular flexibility index (Phi) is 6.96. The van der Waals surface area contributed by atoms with Crippen molar-refractivity contribution in [2.24, 2.45) is 0 Å². The predicted octanol–water partition coefficient (Wildman–Crippen LogP) is 4.68. The number of fused-ring (bicyclic) bond motifs is 1. The first-order valence-electron chi connectivity index (χ1n) is 11.9. The molecule has 2 aromatic heterocycles. The van der Waals surface area contributed by atoms with Crippen LogP contribution in [0.25, 0.3) is 5.65 Å². The molecule has 0 unspecified atom stereocenters. The molecular weight excluding hydrogens is 411 g/mol. The molecule has 1 amide bonds. The molecule has 0 bridgehead atoms. The third kappa shape index (κ3) is 5.70. The highest BCUT2D eigenvalue weighted by atomic mass is 16.5. The highest BCUT2D eigenvalue weighted by Crippen LogP contribution is 2.25. The fraction of sp³-hybridized carbons (Fsp3) is 0.462. The van der Waals surface area contributed by atoms with Gasteiger partial charge >= 0.3 is 0 Å². The molecule has 33 heavy (non-hydrogen) atoms. The van der Waals surface area contributed by atoms with Crippen LogP contribution in [0.1, 0.15) is 68.9 Å². The predicted molar refractivity (Wildman–Crippen MR) is 133 cm³/mol. The lowest BCUT2D eigenvalue weighted by atomic mass is 9.70. The normalized spacial score (nSPS) is 18.8. The second-order valence-electron chi connectivity index (χ2n) is 9.53. The molecule has 1 fully saturated rings. The fourth-order valence-electron chi connectivity index (χ4n) is 4.22. The Balaban J connectivity index is 1.31. The molecule has 3 aromatic rings. The maximum atomic E-state index is 12.7. The van der Waals surface area contributed by atoms with Crippen LogP contribution >= 0.6 is 0 Å². The van der Waals surface area contributed by atoms with Crippen LogP contribution in [-0.4, -0.2) is 41.8 Å². The minimum atomic E-state index is -0.484. The van der Waals surface area contributed by atoms with Crippen LogP contribution in [0.3, 0.4) is 0 Å². The number of ether oxygens (including phenoxy) is 1. The smallest absolute Gasteiger partial charge is 0.251 e. The van der Waals surface area contributed by atoms with E-state index in [4.69, 9.17) is 12.6 Å². The molecule has 1 saturated carbocycles. The maximum Gasteiger partial charge on any atom is 0.251 e. The molecule has 0 spiro atoms. The lowest BCUT2D eigenvalue weighted by Crippen LogP contribution is -2.40. The molecule has 6 nitrogen and oxygen atoms in total. The number of carbonyl (C=O) groups is 1. The van der Waals surface area contributed by atoms with Crippen LogP contribution in [0.2, 0.25) is 0 Å². The second-order valence-corrected chi connectivity index (χ2v) is 9.53. The summed E-state index contributed by atoms with van der Waals surface area (Å²) in [6.07, 6.45) is 6.86. The molecule has 0 saturated heterocycles. The quantitative estimate of drug-likeness (QED) is 0.495. The second kappa shape index (κ2) is 9.90. The van der Waals surface area contributed by atoms with E-state index in [1.807, 2.05) is 56.4 Å². The van der Waals surface area contributed by atoms with E-state index in [9.17, 15) is 4.79 Å². The van der Waals surface area contributed by atoms with E-state index < -0.39 is 5.31 Å². The van der Waals surface area contributed by atoms with Crippen molar-refractivity contribution >= 4 is 25.2 Å². The molecule has 4 rings (SSSR count). The van der Waals surface area contributed by atoms with Crippen molar-refractivity contribution in [3.63, 3.8) is 0 Å². The van der Waals surface area contributed by atoms with Crippen molar-refractivity contribution in [3.05, 3.63) is 59.9 Å². The lowest BCUT2D eigenvalue weighted by molar-refractivity contribution is 0.0926. The molecule has 0 aliphatic heterocycles. The Bertz CT molecular complexity index is 1080. The number of hydrogen-bond donors (Lipinski definition) is 2. The van der Waals surface area contributed by atoms with Gasteiger partial charge in [-0.05, 0) is 73.8 Å². The molecule has 1 aliphatic rings. The summed E-state index contributed by atoms with van der Waals surface area (Å²) < 4.78 is 7.67. The zero-order valence-corrected chi connectivity index (χ0v) is 19.8. The van der Waals surface area contributed by atoms with E-state index in [0.717, 1.165) is 55.0 Å². The standard InChI is InChI=1S/C26H33BN4O2/c1-4-16-33-21-14-8-18(9-15-21)25(32)29-20-12-10-19(11-13-20)28-23-6-5-7-24-30-22(17-31(23)24)26(2,3)27/h5-9,14-15,17,19-20,28H,4,10-13,16H2,1-3H3,(H,29,32). The molecule has 2 radical (unpaired) electrons. The van der Waals surface area contributed by atoms with Crippen LogP contribution in [-0.2, 0) is 5.31 Å². The minimum absolute atomic E-state index is 0.0198. The van der Waals surface area contributed by atoms with E-state index in [0.29, 0.717) is 18.2 Å². The van der Waals surface area contributed by atoms with Crippen LogP contribution in [0.15, 0.2) is 48.7 Å². The average molecular weight is 444 g/mol. The van der Waals surface area contributed by atoms with E-state index in [-0.39, 0.29) is 11.9 Å². The number of imidazole rings is 1. The van der Waals surface area contributed by atoms with E-state index in [1.165, 1.54) is 0 Å². The first-order chi connectivity index (χ1) is 15.8. The lowest BCUT2D eigenvalue weighted by Gasteiger charge is -2.30. The third-order valence-corrected chi connectivity index (χ3v) is 6.16. The molecule has 1 aromatic carbocycles. The van der Waals surface area contributed by atoms with Gasteiger partial charge in [0.15, 0.2) is 0 Å². The van der Waals surface area contributed by atoms with Gasteiger partial charge in [0.25, 0.3) is 5.91 Å². The topological polar surface area (TPSA) is 67.7 Å². The van der Waals surface area contributed by atoms with Crippen LogP contribution in [0.5, 0.6) is 5.75 Å². The summed E-state index contributed by atoms with van der Waals surface area (Å²) in [4.78, 5) is 17.3. The summed E-state index contributed by atoms with van der Waals surface area (Å²) in [6.45, 7) is 6.69. The Hall–Kier alpha value is -2.96. The highest BCUT2D eigenvalue weighted by Gasteiger charge is 2.24. The zero-order valence-electron chi connectivity index (χ0n) is 19.8. The number of rotatable bonds is 8. The summed E-state index contributed by atoms with van der Waals surface area (Å²) in [5, 5.41) is 6.38. The average Bonchev–Trinajstić information content (AvgIpc) is 3.25. The number of pyridine rings is 1. The first kappa shape index (κ1) is 23.2. The van der Waals surface area contributed by atoms with E-state index in [2.05, 4.69) is 33.0 Å². The number of carbonyl (C=O) groups excluding carboxylic acids is 1. The molecule has 2 heterocycles. The van der Waals surface area contributed by atoms with Gasteiger partial charge in [-0.15, -0.1) is 0 Å². The van der Waals surface area contributed by atoms with Crippen molar-refractivity contribution in [1.82, 2.24) is 14.7 Å². The molecular formula is C26H33BN4O2. The third-order valence-electron chi connectivity index (χ3n) is 6.16. The number of hydrogen-bond acceptors (Lipinski definition) is 4. The number of amides is 1. The van der Waals surface area contributed by atoms with Gasteiger partial charge in [0.05, 0.1) is 20.1 Å². The van der Waals surface area contributed by atoms with Gasteiger partial charge in [-0.3, -0.25) is 9.20 Å². The summed E-state index contributed by atoms with van der Waals surface area (Å²) >= 11 is 0. The highest BCUT2D eigenvalue weighted by molar-refractivity contribution is 6.15. The van der Waals surface area contributed by atoms with Crippen molar-refractivity contribution in [2.75, 3.05) is 11.9 Å². The van der Waals surface area contributed by atoms with Gasteiger partial charge in [0, 0.05) is 23.8 Å². The van der Waals surface area contributed by atoms with Gasteiger partial charge in [-0.2, -0.15) is 0 Å². The fourth-order valence-corrected chi connectivity index (χ4v) is 4.22. The molecule has 0 atom stereocenters. The van der Waals surface area contributed by atoms with Crippen molar-refractivity contribution in [1.29, 1.82) is 0 Å². The first-order valence-corrected chi connectivity index (χ1v) is 11.9. The Morgan fingerprint density at radius 2 is 1.82 bits per heavy atom. The monoisotopic (exact) mass is 444 g/mol. The summed E-state index contributed by atoms with van der Waals surface area (Å²) in [5.41, 5.74) is 2.43. The Morgan fingerprint density at radius 3 is 2.48 bits per heavy atom. The Morgan fingerprint density at radius 1 is 1.12 bits per heavy atom. The number of benzene rings is 1. The maximum absolute atomic E-state index is 12.7. The summed E-state index contributed by atoms with van der Waals surface area (Å²) in [7, 11) is 6.24. The molecule has 7 heteroatoms. The van der Waals surface area contributed by atoms with Crippen LogP contribution < -0.4 is 15.4 Å². The summed E-state index contributed by atoms with van der Waals surface area (Å²) in [6, 6.07) is 14.0. The molecule has 1 aliphatic carbocycles. The molecule has 2 N–H and O–H groups in total. The number of aromatic nitrogens is 2. The van der Waals surface area contributed by atoms with Gasteiger partial charge in [0.1, 0.15) is 17.2 Å². The van der Waals surface area contributed by atoms with Gasteiger partial charge < -0.3 is 15.4 Å². The van der Waals surface area contributed by atoms with Gasteiger partial charge in [0.2, 0.25) is 0 Å². The minimum Gasteiger partial charge on any atom is -0.494 e. The van der Waals surface area contributed by atoms with Crippen LogP contribution in [0.4, 0.5) is 5.82 Å². The van der Waals surface area contributed by atoms with Crippen molar-refractivity contribution in [3.8, 4) is 5.75 Å². The SMILES string of the molecule is [B]C(C)(C)c1cn2c(NC3CCC(NC(=O)c4ccc(OCCC)cc4)CC3)cccc2n1.